The quantitative estimate of drug-likeness (QED) is 0.636. The Kier molecular flexibility index (Phi) is 5.33. The highest BCUT2D eigenvalue weighted by molar-refractivity contribution is 5.56. The molecule has 1 fully saturated rings. The number of aromatic nitrogens is 4. The van der Waals surface area contributed by atoms with Crippen LogP contribution in [-0.4, -0.2) is 26.4 Å². The first kappa shape index (κ1) is 20.1. The monoisotopic (exact) mass is 418 g/mol. The molecule has 3 heterocycles. The highest BCUT2D eigenvalue weighted by Crippen LogP contribution is 2.41. The first-order chi connectivity index (χ1) is 14.3. The zero-order chi connectivity index (χ0) is 21.3. The number of anilines is 3. The van der Waals surface area contributed by atoms with E-state index in [4.69, 9.17) is 4.84 Å². The maximum Gasteiger partial charge on any atom is 0.421 e. The average molecular weight is 418 g/mol. The van der Waals surface area contributed by atoms with Crippen LogP contribution in [0.5, 0.6) is 0 Å². The minimum absolute atomic E-state index is 0.0311. The van der Waals surface area contributed by atoms with Gasteiger partial charge < -0.3 is 5.32 Å². The van der Waals surface area contributed by atoms with Crippen LogP contribution in [-0.2, 0) is 11.0 Å². The molecule has 158 valence electrons. The number of nitrogens with one attached hydrogen (secondary N) is 1. The van der Waals surface area contributed by atoms with Gasteiger partial charge in [0, 0.05) is 24.9 Å². The lowest BCUT2D eigenvalue weighted by Gasteiger charge is -2.26. The zero-order valence-electron chi connectivity index (χ0n) is 16.5. The van der Waals surface area contributed by atoms with E-state index in [0.717, 1.165) is 11.8 Å². The summed E-state index contributed by atoms with van der Waals surface area (Å²) >= 11 is 0. The molecule has 0 spiro atoms. The van der Waals surface area contributed by atoms with Crippen molar-refractivity contribution in [3.05, 3.63) is 60.0 Å². The number of rotatable bonds is 5. The third-order valence-corrected chi connectivity index (χ3v) is 4.76. The van der Waals surface area contributed by atoms with Crippen molar-refractivity contribution in [2.75, 3.05) is 17.0 Å². The minimum atomic E-state index is -4.62. The van der Waals surface area contributed by atoms with E-state index in [1.807, 2.05) is 44.2 Å². The highest BCUT2D eigenvalue weighted by Gasteiger charge is 2.40. The van der Waals surface area contributed by atoms with E-state index in [-0.39, 0.29) is 23.8 Å². The molecule has 1 saturated heterocycles. The van der Waals surface area contributed by atoms with Crippen LogP contribution in [0.2, 0.25) is 0 Å². The molecule has 0 saturated carbocycles. The van der Waals surface area contributed by atoms with E-state index in [9.17, 15) is 13.2 Å². The number of nitrogens with zero attached hydrogens (tertiary/aromatic N) is 5. The van der Waals surface area contributed by atoms with E-state index < -0.39 is 11.7 Å². The second kappa shape index (κ2) is 7.94. The van der Waals surface area contributed by atoms with Gasteiger partial charge in [-0.05, 0) is 19.4 Å². The molecule has 3 aromatic rings. The molecule has 1 aromatic carbocycles. The van der Waals surface area contributed by atoms with Crippen molar-refractivity contribution in [1.29, 1.82) is 0 Å². The van der Waals surface area contributed by atoms with E-state index in [0.29, 0.717) is 18.7 Å². The molecule has 0 aliphatic carbocycles. The van der Waals surface area contributed by atoms with E-state index in [2.05, 4.69) is 20.4 Å². The van der Waals surface area contributed by atoms with Crippen molar-refractivity contribution in [2.45, 2.75) is 38.5 Å². The lowest BCUT2D eigenvalue weighted by atomic mass is 10.0. The highest BCUT2D eigenvalue weighted by atomic mass is 19.4. The topological polar surface area (TPSA) is 68.1 Å². The van der Waals surface area contributed by atoms with Gasteiger partial charge in [-0.15, -0.1) is 0 Å². The van der Waals surface area contributed by atoms with Crippen LogP contribution < -0.4 is 10.4 Å². The van der Waals surface area contributed by atoms with Gasteiger partial charge in [0.25, 0.3) is 0 Å². The minimum Gasteiger partial charge on any atom is -0.321 e. The van der Waals surface area contributed by atoms with Crippen molar-refractivity contribution in [3.8, 4) is 0 Å². The summed E-state index contributed by atoms with van der Waals surface area (Å²) < 4.78 is 42.8. The maximum absolute atomic E-state index is 13.7. The lowest BCUT2D eigenvalue weighted by Crippen LogP contribution is -2.26. The van der Waals surface area contributed by atoms with E-state index >= 15 is 0 Å². The normalized spacial score (nSPS) is 17.0. The summed E-state index contributed by atoms with van der Waals surface area (Å²) in [6.45, 7) is 4.24. The number of hydrogen-bond donors (Lipinski definition) is 1. The van der Waals surface area contributed by atoms with Gasteiger partial charge in [0.05, 0.1) is 24.5 Å². The average Bonchev–Trinajstić information content (AvgIpc) is 3.37. The van der Waals surface area contributed by atoms with E-state index in [1.54, 1.807) is 17.1 Å². The van der Waals surface area contributed by atoms with Gasteiger partial charge in [-0.25, -0.2) is 10.0 Å². The SMILES string of the molecule is CC(C)n1cc(Nc2ncc(C(F)(F)F)c(N3OCC[C@H]3c3ccccc3)n2)cn1. The van der Waals surface area contributed by atoms with E-state index in [1.165, 1.54) is 5.06 Å². The van der Waals surface area contributed by atoms with Crippen molar-refractivity contribution in [3.63, 3.8) is 0 Å². The Morgan fingerprint density at radius 3 is 2.60 bits per heavy atom. The summed E-state index contributed by atoms with van der Waals surface area (Å²) in [5.41, 5.74) is 0.486. The van der Waals surface area contributed by atoms with Gasteiger partial charge >= 0.3 is 6.18 Å². The summed E-state index contributed by atoms with van der Waals surface area (Å²) in [6.07, 6.45) is 0.0183. The van der Waals surface area contributed by atoms with Crippen LogP contribution in [0.3, 0.4) is 0 Å². The summed E-state index contributed by atoms with van der Waals surface area (Å²) in [5.74, 6) is -0.286. The molecular formula is C20H21F3N6O. The van der Waals surface area contributed by atoms with Crippen molar-refractivity contribution in [1.82, 2.24) is 19.7 Å². The number of hydrogen-bond acceptors (Lipinski definition) is 6. The van der Waals surface area contributed by atoms with Gasteiger partial charge in [-0.3, -0.25) is 9.52 Å². The second-order valence-corrected chi connectivity index (χ2v) is 7.23. The molecule has 7 nitrogen and oxygen atoms in total. The predicted molar refractivity (Wildman–Crippen MR) is 105 cm³/mol. The molecule has 30 heavy (non-hydrogen) atoms. The molecule has 1 N–H and O–H groups in total. The molecular weight excluding hydrogens is 397 g/mol. The summed E-state index contributed by atoms with van der Waals surface area (Å²) in [7, 11) is 0. The number of hydroxylamine groups is 1. The van der Waals surface area contributed by atoms with Crippen molar-refractivity contribution < 1.29 is 18.0 Å². The number of halogens is 3. The third-order valence-electron chi connectivity index (χ3n) is 4.76. The van der Waals surface area contributed by atoms with Crippen LogP contribution in [0, 0.1) is 0 Å². The van der Waals surface area contributed by atoms with Crippen LogP contribution >= 0.6 is 0 Å². The van der Waals surface area contributed by atoms with Crippen molar-refractivity contribution >= 4 is 17.5 Å². The molecule has 1 atom stereocenters. The van der Waals surface area contributed by atoms with Gasteiger partial charge in [0.2, 0.25) is 5.95 Å². The number of benzene rings is 1. The Labute approximate surface area is 171 Å². The molecule has 0 amide bonds. The van der Waals surface area contributed by atoms with Gasteiger partial charge in [-0.1, -0.05) is 30.3 Å². The Morgan fingerprint density at radius 1 is 1.17 bits per heavy atom. The smallest absolute Gasteiger partial charge is 0.321 e. The number of alkyl halides is 3. The fraction of sp³-hybridized carbons (Fsp3) is 0.350. The van der Waals surface area contributed by atoms with Crippen LogP contribution in [0.1, 0.15) is 43.5 Å². The first-order valence-corrected chi connectivity index (χ1v) is 9.55. The van der Waals surface area contributed by atoms with Crippen molar-refractivity contribution in [2.24, 2.45) is 0 Å². The molecule has 1 aliphatic heterocycles. The van der Waals surface area contributed by atoms with Crippen LogP contribution in [0.25, 0.3) is 0 Å². The summed E-state index contributed by atoms with van der Waals surface area (Å²) in [6, 6.07) is 9.04. The fourth-order valence-corrected chi connectivity index (χ4v) is 3.27. The lowest BCUT2D eigenvalue weighted by molar-refractivity contribution is -0.138. The van der Waals surface area contributed by atoms with Gasteiger partial charge in [0.15, 0.2) is 5.82 Å². The second-order valence-electron chi connectivity index (χ2n) is 7.23. The molecule has 0 bridgehead atoms. The fourth-order valence-electron chi connectivity index (χ4n) is 3.27. The molecule has 10 heteroatoms. The molecule has 0 radical (unpaired) electrons. The van der Waals surface area contributed by atoms with Gasteiger partial charge in [0.1, 0.15) is 5.56 Å². The van der Waals surface area contributed by atoms with Crippen LogP contribution in [0.15, 0.2) is 48.9 Å². The Bertz CT molecular complexity index is 1010. The molecule has 4 rings (SSSR count). The maximum atomic E-state index is 13.7. The molecule has 2 aromatic heterocycles. The molecule has 1 aliphatic rings. The standard InChI is InChI=1S/C20H21F3N6O/c1-13(2)28-12-15(10-25-28)26-19-24-11-16(20(21,22)23)18(27-19)29-17(8-9-30-29)14-6-4-3-5-7-14/h3-7,10-13,17H,8-9H2,1-2H3,(H,24,26,27)/t17-/m0/s1. The predicted octanol–water partition coefficient (Wildman–Crippen LogP) is 4.90. The first-order valence-electron chi connectivity index (χ1n) is 9.55. The Hall–Kier alpha value is -3.14. The Morgan fingerprint density at radius 2 is 1.93 bits per heavy atom. The Balaban J connectivity index is 1.70. The zero-order valence-corrected chi connectivity index (χ0v) is 16.5. The largest absolute Gasteiger partial charge is 0.421 e. The van der Waals surface area contributed by atoms with Crippen LogP contribution in [0.4, 0.5) is 30.6 Å². The van der Waals surface area contributed by atoms with Gasteiger partial charge in [-0.2, -0.15) is 23.3 Å². The summed E-state index contributed by atoms with van der Waals surface area (Å²) in [4.78, 5) is 13.6. The summed E-state index contributed by atoms with van der Waals surface area (Å²) in [5, 5.41) is 8.36. The third kappa shape index (κ3) is 4.09. The molecule has 0 unspecified atom stereocenters.